The molecule has 0 bridgehead atoms. The van der Waals surface area contributed by atoms with Crippen molar-refractivity contribution in [1.29, 1.82) is 0 Å². The van der Waals surface area contributed by atoms with Crippen molar-refractivity contribution in [2.45, 2.75) is 284 Å². The number of ether oxygens (including phenoxy) is 5. The molecule has 0 aliphatic heterocycles. The number of carbonyl (C=O) groups excluding carboxylic acids is 5. The third-order valence-corrected chi connectivity index (χ3v) is 22.5. The minimum atomic E-state index is -0.511. The molecule has 0 N–H and O–H groups in total. The van der Waals surface area contributed by atoms with Gasteiger partial charge in [-0.05, 0) is 213 Å². The molecule has 0 atom stereocenters. The zero-order valence-electron chi connectivity index (χ0n) is 75.2. The van der Waals surface area contributed by atoms with Crippen LogP contribution in [-0.2, 0) is 32.1 Å². The van der Waals surface area contributed by atoms with Gasteiger partial charge in [0.2, 0.25) is 0 Å². The molecule has 10 aromatic rings. The van der Waals surface area contributed by atoms with Crippen LogP contribution in [0.25, 0.3) is 0 Å². The molecule has 0 aliphatic carbocycles. The largest absolute Gasteiger partial charge is 0.423 e. The number of thiol groups is 5. The molecule has 0 heterocycles. The van der Waals surface area contributed by atoms with Gasteiger partial charge in [-0.2, -0.15) is 0 Å². The molecule has 130 heavy (non-hydrogen) atoms. The van der Waals surface area contributed by atoms with Crippen molar-refractivity contribution in [3.8, 4) is 28.7 Å². The van der Waals surface area contributed by atoms with Crippen molar-refractivity contribution in [3.05, 3.63) is 297 Å². The summed E-state index contributed by atoms with van der Waals surface area (Å²) in [6.07, 6.45) is 43.2. The van der Waals surface area contributed by atoms with E-state index in [0.29, 0.717) is 27.8 Å². The monoisotopic (exact) mass is 1900 g/mol. The molecule has 0 fully saturated rings. The van der Waals surface area contributed by atoms with Crippen LogP contribution in [0.4, 0.5) is 45.5 Å². The van der Waals surface area contributed by atoms with Crippen molar-refractivity contribution in [2.24, 2.45) is 0 Å². The predicted octanol–water partition coefficient (Wildman–Crippen LogP) is 31.9. The van der Waals surface area contributed by atoms with E-state index < -0.39 is 58.9 Å². The third-order valence-electron chi connectivity index (χ3n) is 20.7. The van der Waals surface area contributed by atoms with Crippen LogP contribution < -0.4 is 23.7 Å². The van der Waals surface area contributed by atoms with Crippen LogP contribution in [-0.4, -0.2) is 29.8 Å². The smallest absolute Gasteiger partial charge is 0.343 e. The number of rotatable bonds is 45. The van der Waals surface area contributed by atoms with E-state index in [1.165, 1.54) is 281 Å². The number of benzene rings is 10. The van der Waals surface area contributed by atoms with E-state index in [1.807, 2.05) is 60.7 Å². The van der Waals surface area contributed by atoms with Gasteiger partial charge in [0.25, 0.3) is 0 Å². The highest BCUT2D eigenvalue weighted by molar-refractivity contribution is 7.81. The summed E-state index contributed by atoms with van der Waals surface area (Å²) in [5.74, 6) is -4.11. The van der Waals surface area contributed by atoms with E-state index in [0.717, 1.165) is 62.4 Å². The van der Waals surface area contributed by atoms with E-state index in [9.17, 15) is 45.9 Å². The Morgan fingerprint density at radius 1 is 0.200 bits per heavy atom. The second-order valence-electron chi connectivity index (χ2n) is 31.1. The maximum atomic E-state index is 13.4. The first-order chi connectivity index (χ1) is 60.5. The summed E-state index contributed by atoms with van der Waals surface area (Å²) < 4.78 is 93.2. The average Bonchev–Trinajstić information content (AvgIpc) is 0.997. The molecule has 25 heteroatoms. The molecular weight excluding hydrogens is 1770 g/mol. The molecule has 0 radical (unpaired) electrons. The van der Waals surface area contributed by atoms with Crippen LogP contribution >= 0.6 is 63.1 Å². The molecule has 0 aromatic heterocycles. The summed E-state index contributed by atoms with van der Waals surface area (Å²) in [5, 5.41) is 0. The van der Waals surface area contributed by atoms with Crippen molar-refractivity contribution in [3.63, 3.8) is 0 Å². The lowest BCUT2D eigenvalue weighted by Crippen LogP contribution is -2.08. The lowest BCUT2D eigenvalue weighted by atomic mass is 10.0. The van der Waals surface area contributed by atoms with Gasteiger partial charge in [0.1, 0.15) is 57.8 Å². The molecule has 0 spiro atoms. The molecule has 10 rings (SSSR count). The van der Waals surface area contributed by atoms with Gasteiger partial charge in [0, 0.05) is 54.8 Å². The molecule has 0 saturated carbocycles. The Kier molecular flexibility index (Phi) is 63.4. The Labute approximate surface area is 790 Å². The van der Waals surface area contributed by atoms with Gasteiger partial charge < -0.3 is 23.7 Å². The van der Waals surface area contributed by atoms with Gasteiger partial charge >= 0.3 is 29.8 Å². The number of hydrogen-bond donors (Lipinski definition) is 5. The number of halogens is 10. The minimum Gasteiger partial charge on any atom is -0.423 e. The minimum absolute atomic E-state index is 0. The summed E-state index contributed by atoms with van der Waals surface area (Å²) in [6.45, 7) is 11.1. The van der Waals surface area contributed by atoms with Crippen LogP contribution in [0.5, 0.6) is 28.7 Å². The number of carbonyl (C=O) groups is 5. The van der Waals surface area contributed by atoms with Gasteiger partial charge in [-0.25, -0.2) is 45.9 Å². The fourth-order valence-electron chi connectivity index (χ4n) is 13.2. The summed E-state index contributed by atoms with van der Waals surface area (Å²) in [6, 6.07) is 57.9. The number of esters is 5. The molecule has 10 nitrogen and oxygen atoms in total. The second-order valence-corrected chi connectivity index (χ2v) is 33.5. The van der Waals surface area contributed by atoms with E-state index in [4.69, 9.17) is 23.7 Å². The summed E-state index contributed by atoms with van der Waals surface area (Å²) in [4.78, 5) is 61.7. The SMILES string of the molecule is CCCCCCCCc1ccc(C(=O)Oc2ccc(S)c(F)c2)cc1.CCCCCCCCc1ccc(C(=O)Oc2ccc(S)c(F)c2)cc1.CCCCCCCCc1ccc(C(=O)Oc2ccc(S)c(F)c2)cc1.CCCCCCCCc1ccc(C(=O)Oc2ccc(S)c(F)c2)cc1.CCCCCCCCc1ccc(C(=O)Oc2ccc(S)c(F)c2)cc1.F.F.F.F.F. The Bertz CT molecular complexity index is 4140. The summed E-state index contributed by atoms with van der Waals surface area (Å²) in [7, 11) is 0. The number of aryl methyl sites for hydroxylation is 5. The highest BCUT2D eigenvalue weighted by atomic mass is 32.1. The highest BCUT2D eigenvalue weighted by Gasteiger charge is 2.17. The standard InChI is InChI=1S/5C21H25FO2S.5FH/c5*1-2-3-4-5-6-7-8-16-9-11-17(12-10-16)21(23)24-18-13-14-20(25)19(22)15-18;;;;;/h5*9-15,25H,2-8H2,1H3;5*1H. The topological polar surface area (TPSA) is 132 Å². The summed E-state index contributed by atoms with van der Waals surface area (Å²) >= 11 is 19.8. The molecule has 710 valence electrons. The fourth-order valence-corrected chi connectivity index (χ4v) is 13.9. The Hall–Kier alpha value is -9.40. The van der Waals surface area contributed by atoms with Crippen molar-refractivity contribution < 1.29 is 93.1 Å². The van der Waals surface area contributed by atoms with E-state index >= 15 is 0 Å². The third kappa shape index (κ3) is 47.6. The van der Waals surface area contributed by atoms with Crippen molar-refractivity contribution >= 4 is 93.0 Å². The first kappa shape index (κ1) is 119. The molecular formula is C105H130F10O10S5. The lowest BCUT2D eigenvalue weighted by molar-refractivity contribution is 0.0724. The van der Waals surface area contributed by atoms with E-state index in [1.54, 1.807) is 60.7 Å². The van der Waals surface area contributed by atoms with Crippen LogP contribution in [0, 0.1) is 29.1 Å². The van der Waals surface area contributed by atoms with Gasteiger partial charge in [-0.1, -0.05) is 256 Å². The first-order valence-corrected chi connectivity index (χ1v) is 46.7. The van der Waals surface area contributed by atoms with Crippen LogP contribution in [0.15, 0.2) is 237 Å². The first-order valence-electron chi connectivity index (χ1n) is 44.5. The molecule has 0 amide bonds. The van der Waals surface area contributed by atoms with Crippen molar-refractivity contribution in [2.75, 3.05) is 0 Å². The normalized spacial score (nSPS) is 10.3. The molecule has 0 aliphatic rings. The Morgan fingerprint density at radius 2 is 0.331 bits per heavy atom. The van der Waals surface area contributed by atoms with Crippen LogP contribution in [0.1, 0.15) is 307 Å². The van der Waals surface area contributed by atoms with Gasteiger partial charge in [0.05, 0.1) is 27.8 Å². The zero-order chi connectivity index (χ0) is 90.4. The van der Waals surface area contributed by atoms with Crippen LogP contribution in [0.3, 0.4) is 0 Å². The fraction of sp³-hybridized carbons (Fsp3) is 0.381. The molecule has 10 aromatic carbocycles. The van der Waals surface area contributed by atoms with Gasteiger partial charge in [-0.3, -0.25) is 23.5 Å². The average molecular weight is 1900 g/mol. The Morgan fingerprint density at radius 3 is 0.462 bits per heavy atom. The molecule has 0 unspecified atom stereocenters. The van der Waals surface area contributed by atoms with E-state index in [2.05, 4.69) is 97.8 Å². The maximum absolute atomic E-state index is 13.4. The maximum Gasteiger partial charge on any atom is 0.343 e. The predicted molar refractivity (Wildman–Crippen MR) is 523 cm³/mol. The van der Waals surface area contributed by atoms with Gasteiger partial charge in [0.15, 0.2) is 0 Å². The number of hydrogen-bond acceptors (Lipinski definition) is 15. The number of unbranched alkanes of at least 4 members (excludes halogenated alkanes) is 25. The summed E-state index contributed by atoms with van der Waals surface area (Å²) in [5.41, 5.74) is 8.40. The van der Waals surface area contributed by atoms with E-state index in [-0.39, 0.29) is 76.7 Å². The van der Waals surface area contributed by atoms with Crippen molar-refractivity contribution in [1.82, 2.24) is 0 Å². The molecule has 0 saturated heterocycles. The Balaban J connectivity index is 0.000000805. The van der Waals surface area contributed by atoms with Gasteiger partial charge in [-0.15, -0.1) is 63.1 Å². The second kappa shape index (κ2) is 69.5. The zero-order valence-corrected chi connectivity index (χ0v) is 79.7. The highest BCUT2D eigenvalue weighted by Crippen LogP contribution is 2.28. The lowest BCUT2D eigenvalue weighted by Gasteiger charge is -2.06. The van der Waals surface area contributed by atoms with Crippen LogP contribution in [0.2, 0.25) is 0 Å². The quantitative estimate of drug-likeness (QED) is 0.00827.